The summed E-state index contributed by atoms with van der Waals surface area (Å²) in [6.07, 6.45) is 0. The van der Waals surface area contributed by atoms with Crippen molar-refractivity contribution in [1.29, 1.82) is 0 Å². The summed E-state index contributed by atoms with van der Waals surface area (Å²) in [5, 5.41) is 6.05. The quantitative estimate of drug-likeness (QED) is 0.852. The number of carbonyl (C=O) groups is 1. The Morgan fingerprint density at radius 2 is 0.944 bits per heavy atom. The van der Waals surface area contributed by atoms with Crippen molar-refractivity contribution in [2.45, 2.75) is 0 Å². The number of para-hydroxylation sites is 2. The van der Waals surface area contributed by atoms with Gasteiger partial charge in [-0.2, -0.15) is 0 Å². The lowest BCUT2D eigenvalue weighted by molar-refractivity contribution is -0.0979. The summed E-state index contributed by atoms with van der Waals surface area (Å²) >= 11 is 0. The molecule has 18 heavy (non-hydrogen) atoms. The van der Waals surface area contributed by atoms with Crippen LogP contribution in [0.15, 0.2) is 60.7 Å². The van der Waals surface area contributed by atoms with Gasteiger partial charge in [-0.05, 0) is 24.3 Å². The van der Waals surface area contributed by atoms with Gasteiger partial charge in [0.2, 0.25) is 0 Å². The molecule has 0 bridgehead atoms. The lowest BCUT2D eigenvalue weighted by Crippen LogP contribution is -1.84. The molecular formula is C15H20N2O. The Balaban J connectivity index is 0.000000283. The normalized spacial score (nSPS) is 7.89. The summed E-state index contributed by atoms with van der Waals surface area (Å²) in [5.41, 5.74) is 2.32. The van der Waals surface area contributed by atoms with Crippen LogP contribution in [0, 0.1) is 0 Å². The highest BCUT2D eigenvalue weighted by molar-refractivity contribution is 5.41. The molecule has 0 heterocycles. The molecule has 0 amide bonds. The lowest BCUT2D eigenvalue weighted by atomic mass is 10.3. The highest BCUT2D eigenvalue weighted by Crippen LogP contribution is 2.02. The van der Waals surface area contributed by atoms with Crippen LogP contribution in [0.4, 0.5) is 11.4 Å². The van der Waals surface area contributed by atoms with E-state index in [0.717, 1.165) is 11.4 Å². The average Bonchev–Trinajstić information content (AvgIpc) is 2.51. The van der Waals surface area contributed by atoms with E-state index >= 15 is 0 Å². The van der Waals surface area contributed by atoms with Crippen LogP contribution in [0.25, 0.3) is 0 Å². The van der Waals surface area contributed by atoms with Crippen LogP contribution in [-0.4, -0.2) is 20.9 Å². The summed E-state index contributed by atoms with van der Waals surface area (Å²) in [6, 6.07) is 20.1. The number of benzene rings is 2. The Labute approximate surface area is 109 Å². The molecule has 0 saturated carbocycles. The van der Waals surface area contributed by atoms with Gasteiger partial charge in [-0.25, -0.2) is 0 Å². The molecule has 96 valence electrons. The lowest BCUT2D eigenvalue weighted by Gasteiger charge is -1.94. The third-order valence-corrected chi connectivity index (χ3v) is 2.12. The van der Waals surface area contributed by atoms with Crippen molar-refractivity contribution in [2.24, 2.45) is 0 Å². The van der Waals surface area contributed by atoms with Crippen LogP contribution in [0.5, 0.6) is 0 Å². The summed E-state index contributed by atoms with van der Waals surface area (Å²) in [5.74, 6) is 0. The van der Waals surface area contributed by atoms with Crippen LogP contribution in [0.3, 0.4) is 0 Å². The van der Waals surface area contributed by atoms with Gasteiger partial charge in [-0.3, -0.25) is 0 Å². The molecule has 2 rings (SSSR count). The summed E-state index contributed by atoms with van der Waals surface area (Å²) in [7, 11) is 3.82. The first-order valence-electron chi connectivity index (χ1n) is 5.61. The van der Waals surface area contributed by atoms with Gasteiger partial charge in [0.05, 0.1) is 0 Å². The van der Waals surface area contributed by atoms with E-state index in [2.05, 4.69) is 10.6 Å². The van der Waals surface area contributed by atoms with Gasteiger partial charge < -0.3 is 15.4 Å². The van der Waals surface area contributed by atoms with Crippen molar-refractivity contribution in [3.8, 4) is 0 Å². The van der Waals surface area contributed by atoms with E-state index in [0.29, 0.717) is 0 Å². The molecule has 3 heteroatoms. The average molecular weight is 244 g/mol. The largest absolute Gasteiger partial charge is 0.388 e. The minimum atomic E-state index is 1.16. The molecule has 0 aromatic heterocycles. The maximum atomic E-state index is 8.00. The fourth-order valence-corrected chi connectivity index (χ4v) is 1.21. The van der Waals surface area contributed by atoms with E-state index in [4.69, 9.17) is 4.79 Å². The van der Waals surface area contributed by atoms with Crippen LogP contribution >= 0.6 is 0 Å². The molecule has 0 radical (unpaired) electrons. The number of nitrogens with one attached hydrogen (secondary N) is 2. The first kappa shape index (κ1) is 15.7. The van der Waals surface area contributed by atoms with E-state index < -0.39 is 0 Å². The van der Waals surface area contributed by atoms with Crippen molar-refractivity contribution < 1.29 is 4.79 Å². The second-order valence-corrected chi connectivity index (χ2v) is 3.23. The zero-order valence-electron chi connectivity index (χ0n) is 10.9. The fourth-order valence-electron chi connectivity index (χ4n) is 1.21. The highest BCUT2D eigenvalue weighted by atomic mass is 16.1. The molecule has 3 nitrogen and oxygen atoms in total. The predicted molar refractivity (Wildman–Crippen MR) is 79.1 cm³/mol. The molecule has 0 unspecified atom stereocenters. The molecule has 2 aromatic carbocycles. The SMILES string of the molecule is C=O.CNc1ccccc1.CNc1ccccc1. The minimum Gasteiger partial charge on any atom is -0.388 e. The van der Waals surface area contributed by atoms with E-state index in [1.807, 2.05) is 81.5 Å². The van der Waals surface area contributed by atoms with E-state index in [1.165, 1.54) is 0 Å². The molecular weight excluding hydrogens is 224 g/mol. The van der Waals surface area contributed by atoms with Crippen LogP contribution in [-0.2, 0) is 4.79 Å². The van der Waals surface area contributed by atoms with E-state index in [1.54, 1.807) is 0 Å². The van der Waals surface area contributed by atoms with Gasteiger partial charge in [0.25, 0.3) is 0 Å². The highest BCUT2D eigenvalue weighted by Gasteiger charge is 1.78. The zero-order chi connectivity index (χ0) is 13.6. The molecule has 0 aliphatic heterocycles. The molecule has 0 fully saturated rings. The van der Waals surface area contributed by atoms with Crippen LogP contribution in [0.2, 0.25) is 0 Å². The number of carbonyl (C=O) groups excluding carboxylic acids is 1. The van der Waals surface area contributed by atoms with Crippen molar-refractivity contribution in [3.05, 3.63) is 60.7 Å². The van der Waals surface area contributed by atoms with Gasteiger partial charge in [0, 0.05) is 25.5 Å². The standard InChI is InChI=1S/2C7H9N.CH2O/c2*1-8-7-5-3-2-4-6-7;1-2/h2*2-6,8H,1H3;1H2. The summed E-state index contributed by atoms with van der Waals surface area (Å²) in [6.45, 7) is 2.00. The monoisotopic (exact) mass is 244 g/mol. The molecule has 0 spiro atoms. The molecule has 0 aliphatic carbocycles. The zero-order valence-corrected chi connectivity index (χ0v) is 10.9. The molecule has 0 aliphatic rings. The smallest absolute Gasteiger partial charge is 0.106 e. The molecule has 0 atom stereocenters. The van der Waals surface area contributed by atoms with Gasteiger partial charge in [-0.15, -0.1) is 0 Å². The number of rotatable bonds is 2. The maximum absolute atomic E-state index is 8.00. The second kappa shape index (κ2) is 11.2. The van der Waals surface area contributed by atoms with Gasteiger partial charge in [-0.1, -0.05) is 36.4 Å². The first-order valence-corrected chi connectivity index (χ1v) is 5.61. The van der Waals surface area contributed by atoms with Gasteiger partial charge in [0.15, 0.2) is 0 Å². The number of anilines is 2. The Hall–Kier alpha value is -2.29. The maximum Gasteiger partial charge on any atom is 0.106 e. The van der Waals surface area contributed by atoms with Crippen molar-refractivity contribution in [1.82, 2.24) is 0 Å². The Morgan fingerprint density at radius 1 is 0.667 bits per heavy atom. The third-order valence-electron chi connectivity index (χ3n) is 2.12. The molecule has 0 saturated heterocycles. The van der Waals surface area contributed by atoms with Crippen LogP contribution in [0.1, 0.15) is 0 Å². The van der Waals surface area contributed by atoms with E-state index in [-0.39, 0.29) is 0 Å². The Kier molecular flexibility index (Phi) is 9.78. The Morgan fingerprint density at radius 3 is 1.11 bits per heavy atom. The summed E-state index contributed by atoms with van der Waals surface area (Å²) in [4.78, 5) is 8.00. The van der Waals surface area contributed by atoms with Crippen molar-refractivity contribution >= 4 is 18.2 Å². The van der Waals surface area contributed by atoms with Crippen molar-refractivity contribution in [3.63, 3.8) is 0 Å². The number of hydrogen-bond acceptors (Lipinski definition) is 3. The molecule has 2 N–H and O–H groups in total. The van der Waals surface area contributed by atoms with Crippen molar-refractivity contribution in [2.75, 3.05) is 24.7 Å². The van der Waals surface area contributed by atoms with Crippen LogP contribution < -0.4 is 10.6 Å². The minimum absolute atomic E-state index is 1.16. The fraction of sp³-hybridized carbons (Fsp3) is 0.133. The first-order chi connectivity index (χ1) is 8.86. The van der Waals surface area contributed by atoms with Gasteiger partial charge >= 0.3 is 0 Å². The third kappa shape index (κ3) is 7.06. The Bertz CT molecular complexity index is 350. The second-order valence-electron chi connectivity index (χ2n) is 3.23. The topological polar surface area (TPSA) is 41.1 Å². The summed E-state index contributed by atoms with van der Waals surface area (Å²) < 4.78 is 0. The number of hydrogen-bond donors (Lipinski definition) is 2. The molecule has 2 aromatic rings. The van der Waals surface area contributed by atoms with Gasteiger partial charge in [0.1, 0.15) is 6.79 Å². The predicted octanol–water partition coefficient (Wildman–Crippen LogP) is 3.27. The van der Waals surface area contributed by atoms with E-state index in [9.17, 15) is 0 Å².